The first kappa shape index (κ1) is 12.9. The number of benzene rings is 1. The van der Waals surface area contributed by atoms with Gasteiger partial charge in [0.2, 0.25) is 0 Å². The Balaban J connectivity index is 1.71. The molecule has 0 bridgehead atoms. The minimum absolute atomic E-state index is 0.734. The first-order valence-electron chi connectivity index (χ1n) is 7.47. The van der Waals surface area contributed by atoms with E-state index >= 15 is 0 Å². The van der Waals surface area contributed by atoms with Crippen LogP contribution in [-0.4, -0.2) is 49.6 Å². The van der Waals surface area contributed by atoms with E-state index in [1.807, 2.05) is 0 Å². The van der Waals surface area contributed by atoms with E-state index in [1.165, 1.54) is 43.6 Å². The second kappa shape index (κ2) is 5.51. The van der Waals surface area contributed by atoms with Crippen molar-refractivity contribution in [3.8, 4) is 0 Å². The molecule has 1 saturated heterocycles. The van der Waals surface area contributed by atoms with E-state index in [4.69, 9.17) is 0 Å². The van der Waals surface area contributed by atoms with E-state index in [-0.39, 0.29) is 0 Å². The molecule has 1 N–H and O–H groups in total. The summed E-state index contributed by atoms with van der Waals surface area (Å²) in [5.74, 6) is 0. The van der Waals surface area contributed by atoms with E-state index in [0.29, 0.717) is 0 Å². The van der Waals surface area contributed by atoms with Crippen LogP contribution in [0.4, 0.5) is 5.69 Å². The molecule has 19 heavy (non-hydrogen) atoms. The standard InChI is InChI=1S/C16H25N3/c1-18(2)14-8-10-19(12-14)11-13-5-3-7-16-15(13)6-4-9-17-16/h3,5,7,14,17H,4,6,8-12H2,1-2H3. The van der Waals surface area contributed by atoms with Gasteiger partial charge in [0.05, 0.1) is 0 Å². The number of hydrogen-bond donors (Lipinski definition) is 1. The topological polar surface area (TPSA) is 18.5 Å². The van der Waals surface area contributed by atoms with Crippen LogP contribution in [0.1, 0.15) is 24.0 Å². The lowest BCUT2D eigenvalue weighted by Gasteiger charge is -2.24. The molecule has 1 aromatic carbocycles. The first-order chi connectivity index (χ1) is 9.24. The summed E-state index contributed by atoms with van der Waals surface area (Å²) >= 11 is 0. The molecule has 104 valence electrons. The highest BCUT2D eigenvalue weighted by atomic mass is 15.2. The number of likely N-dealkylation sites (N-methyl/N-ethyl adjacent to an activating group) is 1. The SMILES string of the molecule is CN(C)C1CCN(Cc2cccc3c2CCCN3)C1. The van der Waals surface area contributed by atoms with E-state index in [2.05, 4.69) is 47.4 Å². The highest BCUT2D eigenvalue weighted by molar-refractivity contribution is 5.56. The van der Waals surface area contributed by atoms with Crippen molar-refractivity contribution in [3.63, 3.8) is 0 Å². The molecule has 0 aliphatic carbocycles. The van der Waals surface area contributed by atoms with E-state index < -0.39 is 0 Å². The molecule has 3 nitrogen and oxygen atoms in total. The van der Waals surface area contributed by atoms with Crippen molar-refractivity contribution in [2.45, 2.75) is 31.8 Å². The molecule has 0 saturated carbocycles. The molecule has 1 fully saturated rings. The van der Waals surface area contributed by atoms with Crippen molar-refractivity contribution in [2.24, 2.45) is 0 Å². The van der Waals surface area contributed by atoms with Gasteiger partial charge >= 0.3 is 0 Å². The zero-order valence-electron chi connectivity index (χ0n) is 12.2. The fraction of sp³-hybridized carbons (Fsp3) is 0.625. The number of nitrogens with zero attached hydrogens (tertiary/aromatic N) is 2. The fourth-order valence-electron chi connectivity index (χ4n) is 3.35. The molecule has 2 aliphatic rings. The molecule has 0 radical (unpaired) electrons. The predicted octanol–water partition coefficient (Wildman–Crippen LogP) is 2.18. The number of nitrogens with one attached hydrogen (secondary N) is 1. The average Bonchev–Trinajstić information content (AvgIpc) is 2.88. The summed E-state index contributed by atoms with van der Waals surface area (Å²) in [6.07, 6.45) is 3.81. The number of hydrogen-bond acceptors (Lipinski definition) is 3. The van der Waals surface area contributed by atoms with Crippen LogP contribution in [0.5, 0.6) is 0 Å². The number of rotatable bonds is 3. The second-order valence-corrected chi connectivity index (χ2v) is 6.11. The Kier molecular flexibility index (Phi) is 3.76. The summed E-state index contributed by atoms with van der Waals surface area (Å²) in [5, 5.41) is 3.53. The predicted molar refractivity (Wildman–Crippen MR) is 80.6 cm³/mol. The van der Waals surface area contributed by atoms with Crippen LogP contribution in [-0.2, 0) is 13.0 Å². The van der Waals surface area contributed by atoms with Crippen molar-refractivity contribution in [1.29, 1.82) is 0 Å². The molecular formula is C16H25N3. The maximum absolute atomic E-state index is 3.53. The lowest BCUT2D eigenvalue weighted by Crippen LogP contribution is -2.31. The molecule has 1 unspecified atom stereocenters. The summed E-state index contributed by atoms with van der Waals surface area (Å²) in [6.45, 7) is 4.70. The maximum atomic E-state index is 3.53. The molecule has 3 rings (SSSR count). The zero-order valence-corrected chi connectivity index (χ0v) is 12.2. The summed E-state index contributed by atoms with van der Waals surface area (Å²) in [7, 11) is 4.39. The Morgan fingerprint density at radius 2 is 2.26 bits per heavy atom. The molecule has 0 amide bonds. The molecule has 0 aromatic heterocycles. The highest BCUT2D eigenvalue weighted by Gasteiger charge is 2.24. The Morgan fingerprint density at radius 1 is 1.37 bits per heavy atom. The molecular weight excluding hydrogens is 234 g/mol. The fourth-order valence-corrected chi connectivity index (χ4v) is 3.35. The molecule has 0 spiro atoms. The van der Waals surface area contributed by atoms with Crippen LogP contribution in [0.15, 0.2) is 18.2 Å². The third-order valence-corrected chi connectivity index (χ3v) is 4.56. The Hall–Kier alpha value is -1.06. The molecule has 2 heterocycles. The van der Waals surface area contributed by atoms with Gasteiger partial charge in [-0.3, -0.25) is 4.90 Å². The van der Waals surface area contributed by atoms with Crippen molar-refractivity contribution in [3.05, 3.63) is 29.3 Å². The van der Waals surface area contributed by atoms with Crippen molar-refractivity contribution >= 4 is 5.69 Å². The van der Waals surface area contributed by atoms with E-state index in [0.717, 1.165) is 19.1 Å². The van der Waals surface area contributed by atoms with Gasteiger partial charge in [-0.2, -0.15) is 0 Å². The Labute approximate surface area is 116 Å². The van der Waals surface area contributed by atoms with Crippen LogP contribution in [0.2, 0.25) is 0 Å². The van der Waals surface area contributed by atoms with Gasteiger partial charge in [0.15, 0.2) is 0 Å². The number of likely N-dealkylation sites (tertiary alicyclic amines) is 1. The van der Waals surface area contributed by atoms with E-state index in [1.54, 1.807) is 5.56 Å². The minimum atomic E-state index is 0.734. The van der Waals surface area contributed by atoms with E-state index in [9.17, 15) is 0 Å². The van der Waals surface area contributed by atoms with Crippen LogP contribution in [0.3, 0.4) is 0 Å². The van der Waals surface area contributed by atoms with Gasteiger partial charge in [-0.15, -0.1) is 0 Å². The lowest BCUT2D eigenvalue weighted by atomic mass is 9.97. The first-order valence-corrected chi connectivity index (χ1v) is 7.47. The van der Waals surface area contributed by atoms with Gasteiger partial charge in [-0.05, 0) is 50.6 Å². The average molecular weight is 259 g/mol. The number of fused-ring (bicyclic) bond motifs is 1. The molecule has 3 heteroatoms. The largest absolute Gasteiger partial charge is 0.385 e. The summed E-state index contributed by atoms with van der Waals surface area (Å²) < 4.78 is 0. The van der Waals surface area contributed by atoms with Gasteiger partial charge in [-0.25, -0.2) is 0 Å². The zero-order chi connectivity index (χ0) is 13.2. The van der Waals surface area contributed by atoms with Gasteiger partial charge in [0.25, 0.3) is 0 Å². The molecule has 1 atom stereocenters. The number of anilines is 1. The van der Waals surface area contributed by atoms with Gasteiger partial charge in [0.1, 0.15) is 0 Å². The Morgan fingerprint density at radius 3 is 3.05 bits per heavy atom. The van der Waals surface area contributed by atoms with Crippen LogP contribution in [0.25, 0.3) is 0 Å². The summed E-state index contributed by atoms with van der Waals surface area (Å²) in [6, 6.07) is 7.48. The van der Waals surface area contributed by atoms with Crippen LogP contribution in [0, 0.1) is 0 Å². The maximum Gasteiger partial charge on any atom is 0.0375 e. The van der Waals surface area contributed by atoms with Gasteiger partial charge < -0.3 is 10.2 Å². The van der Waals surface area contributed by atoms with Crippen molar-refractivity contribution in [2.75, 3.05) is 39.0 Å². The monoisotopic (exact) mass is 259 g/mol. The third-order valence-electron chi connectivity index (χ3n) is 4.56. The second-order valence-electron chi connectivity index (χ2n) is 6.11. The quantitative estimate of drug-likeness (QED) is 0.897. The van der Waals surface area contributed by atoms with Crippen LogP contribution >= 0.6 is 0 Å². The van der Waals surface area contributed by atoms with Crippen molar-refractivity contribution < 1.29 is 0 Å². The summed E-state index contributed by atoms with van der Waals surface area (Å²) in [4.78, 5) is 4.97. The minimum Gasteiger partial charge on any atom is -0.385 e. The normalized spacial score (nSPS) is 23.4. The van der Waals surface area contributed by atoms with Crippen molar-refractivity contribution in [1.82, 2.24) is 9.80 Å². The van der Waals surface area contributed by atoms with Crippen LogP contribution < -0.4 is 5.32 Å². The molecule has 1 aromatic rings. The van der Waals surface area contributed by atoms with Gasteiger partial charge in [0, 0.05) is 37.9 Å². The summed E-state index contributed by atoms with van der Waals surface area (Å²) in [5.41, 5.74) is 4.46. The lowest BCUT2D eigenvalue weighted by molar-refractivity contribution is 0.264. The molecule has 2 aliphatic heterocycles. The third kappa shape index (κ3) is 2.77. The highest BCUT2D eigenvalue weighted by Crippen LogP contribution is 2.27. The van der Waals surface area contributed by atoms with Gasteiger partial charge in [-0.1, -0.05) is 12.1 Å². The smallest absolute Gasteiger partial charge is 0.0375 e. The Bertz CT molecular complexity index is 442.